The molecule has 3 heteroatoms. The first kappa shape index (κ1) is 23.6. The summed E-state index contributed by atoms with van der Waals surface area (Å²) in [5.41, 5.74) is 1.61. The van der Waals surface area contributed by atoms with Crippen LogP contribution < -0.4 is 5.32 Å². The van der Waals surface area contributed by atoms with Crippen LogP contribution in [0.25, 0.3) is 0 Å². The first-order chi connectivity index (χ1) is 13.7. The molecule has 5 atom stereocenters. The quantitative estimate of drug-likeness (QED) is 0.259. The van der Waals surface area contributed by atoms with E-state index < -0.39 is 0 Å². The topological polar surface area (TPSA) is 52.5 Å². The summed E-state index contributed by atoms with van der Waals surface area (Å²) < 4.78 is 0. The van der Waals surface area contributed by atoms with Crippen LogP contribution in [0.1, 0.15) is 90.9 Å². The smallest absolute Gasteiger partial charge is 0.0721 e. The number of hydrogen-bond acceptors (Lipinski definition) is 3. The second-order valence-electron chi connectivity index (χ2n) is 9.10. The molecule has 0 spiro atoms. The summed E-state index contributed by atoms with van der Waals surface area (Å²) in [7, 11) is 0. The molecule has 0 aromatic carbocycles. The molecule has 2 aliphatic carbocycles. The molecule has 1 fully saturated rings. The molecule has 162 valence electrons. The molecule has 28 heavy (non-hydrogen) atoms. The van der Waals surface area contributed by atoms with Gasteiger partial charge in [-0.2, -0.15) is 0 Å². The van der Waals surface area contributed by atoms with Gasteiger partial charge in [-0.05, 0) is 69.9 Å². The summed E-state index contributed by atoms with van der Waals surface area (Å²) in [4.78, 5) is 0. The van der Waals surface area contributed by atoms with E-state index in [1.165, 1.54) is 51.4 Å². The SMILES string of the molecule is CCCCC[C@H](O)/C=C/[C@@H]1[C@H]2CC(CCCCCNCCCC)=C[C@H]2C[C@H]1O. The molecule has 0 aromatic rings. The van der Waals surface area contributed by atoms with E-state index in [2.05, 4.69) is 31.3 Å². The summed E-state index contributed by atoms with van der Waals surface area (Å²) in [6, 6.07) is 0. The average molecular weight is 392 g/mol. The Labute approximate surface area is 173 Å². The van der Waals surface area contributed by atoms with Crippen molar-refractivity contribution in [2.24, 2.45) is 17.8 Å². The van der Waals surface area contributed by atoms with Crippen LogP contribution in [0.15, 0.2) is 23.8 Å². The number of unbranched alkanes of at least 4 members (excludes halogenated alkanes) is 5. The fourth-order valence-corrected chi connectivity index (χ4v) is 4.95. The lowest BCUT2D eigenvalue weighted by Crippen LogP contribution is -2.18. The Morgan fingerprint density at radius 3 is 2.64 bits per heavy atom. The summed E-state index contributed by atoms with van der Waals surface area (Å²) in [6.45, 7) is 6.74. The molecule has 1 saturated carbocycles. The van der Waals surface area contributed by atoms with Gasteiger partial charge < -0.3 is 15.5 Å². The van der Waals surface area contributed by atoms with E-state index in [1.807, 2.05) is 6.08 Å². The van der Waals surface area contributed by atoms with E-state index in [0.29, 0.717) is 11.8 Å². The third kappa shape index (κ3) is 8.00. The second kappa shape index (κ2) is 13.6. The van der Waals surface area contributed by atoms with Crippen LogP contribution >= 0.6 is 0 Å². The van der Waals surface area contributed by atoms with E-state index in [1.54, 1.807) is 5.57 Å². The highest BCUT2D eigenvalue weighted by molar-refractivity contribution is 5.20. The molecule has 0 aliphatic heterocycles. The molecular weight excluding hydrogens is 346 g/mol. The van der Waals surface area contributed by atoms with Gasteiger partial charge in [0.1, 0.15) is 0 Å². The number of aliphatic hydroxyl groups excluding tert-OH is 2. The maximum absolute atomic E-state index is 10.5. The van der Waals surface area contributed by atoms with Crippen LogP contribution in [0.3, 0.4) is 0 Å². The van der Waals surface area contributed by atoms with Crippen molar-refractivity contribution in [3.63, 3.8) is 0 Å². The predicted molar refractivity (Wildman–Crippen MR) is 119 cm³/mol. The predicted octanol–water partition coefficient (Wildman–Crippen LogP) is 5.38. The minimum atomic E-state index is -0.349. The number of rotatable bonds is 15. The molecule has 2 aliphatic rings. The molecule has 3 N–H and O–H groups in total. The van der Waals surface area contributed by atoms with Crippen LogP contribution in [0.5, 0.6) is 0 Å². The average Bonchev–Trinajstić information content (AvgIpc) is 3.19. The van der Waals surface area contributed by atoms with E-state index in [-0.39, 0.29) is 18.1 Å². The van der Waals surface area contributed by atoms with Crippen molar-refractivity contribution in [1.82, 2.24) is 5.32 Å². The van der Waals surface area contributed by atoms with Crippen LogP contribution in [0.4, 0.5) is 0 Å². The van der Waals surface area contributed by atoms with Crippen molar-refractivity contribution < 1.29 is 10.2 Å². The Hall–Kier alpha value is -0.640. The van der Waals surface area contributed by atoms with Gasteiger partial charge in [0.25, 0.3) is 0 Å². The number of aliphatic hydroxyl groups is 2. The molecule has 0 aromatic heterocycles. The van der Waals surface area contributed by atoms with Crippen LogP contribution in [-0.2, 0) is 0 Å². The number of nitrogens with one attached hydrogen (secondary N) is 1. The summed E-state index contributed by atoms with van der Waals surface area (Å²) in [6.07, 6.45) is 20.0. The van der Waals surface area contributed by atoms with Gasteiger partial charge in [0.05, 0.1) is 12.2 Å². The molecule has 0 bridgehead atoms. The van der Waals surface area contributed by atoms with Gasteiger partial charge in [-0.1, -0.05) is 69.8 Å². The molecule has 0 amide bonds. The minimum Gasteiger partial charge on any atom is -0.392 e. The van der Waals surface area contributed by atoms with Gasteiger partial charge in [0.15, 0.2) is 0 Å². The third-order valence-corrected chi connectivity index (χ3v) is 6.67. The molecule has 0 unspecified atom stereocenters. The molecule has 0 heterocycles. The first-order valence-electron chi connectivity index (χ1n) is 12.1. The Bertz CT molecular complexity index is 473. The Kier molecular flexibility index (Phi) is 11.4. The standard InChI is InChI=1S/C25H45NO2/c1-3-5-8-12-22(27)13-14-23-24-18-20(17-21(24)19-25(23)28)11-9-7-10-16-26-15-6-4-2/h13-14,17,21-28H,3-12,15-16,18-19H2,1-2H3/b14-13+/t21-,22-,23+,24-,25+/m0/s1. The zero-order chi connectivity index (χ0) is 20.2. The maximum atomic E-state index is 10.5. The normalized spacial score (nSPS) is 28.1. The van der Waals surface area contributed by atoms with Gasteiger partial charge >= 0.3 is 0 Å². The Morgan fingerprint density at radius 2 is 1.86 bits per heavy atom. The van der Waals surface area contributed by atoms with Gasteiger partial charge in [0, 0.05) is 5.92 Å². The lowest BCUT2D eigenvalue weighted by Gasteiger charge is -2.19. The van der Waals surface area contributed by atoms with Gasteiger partial charge in [0.2, 0.25) is 0 Å². The maximum Gasteiger partial charge on any atom is 0.0721 e. The summed E-state index contributed by atoms with van der Waals surface area (Å²) in [5.74, 6) is 1.33. The highest BCUT2D eigenvalue weighted by Gasteiger charge is 2.43. The van der Waals surface area contributed by atoms with Crippen molar-refractivity contribution >= 4 is 0 Å². The summed E-state index contributed by atoms with van der Waals surface area (Å²) in [5, 5.41) is 24.2. The summed E-state index contributed by atoms with van der Waals surface area (Å²) >= 11 is 0. The van der Waals surface area contributed by atoms with Crippen LogP contribution in [-0.4, -0.2) is 35.5 Å². The van der Waals surface area contributed by atoms with Gasteiger partial charge in [-0.25, -0.2) is 0 Å². The number of hydrogen-bond donors (Lipinski definition) is 3. The van der Waals surface area contributed by atoms with E-state index >= 15 is 0 Å². The zero-order valence-electron chi connectivity index (χ0n) is 18.4. The second-order valence-corrected chi connectivity index (χ2v) is 9.10. The zero-order valence-corrected chi connectivity index (χ0v) is 18.4. The van der Waals surface area contributed by atoms with Crippen LogP contribution in [0.2, 0.25) is 0 Å². The first-order valence-corrected chi connectivity index (χ1v) is 12.1. The molecule has 3 nitrogen and oxygen atoms in total. The lowest BCUT2D eigenvalue weighted by atomic mass is 9.88. The minimum absolute atomic E-state index is 0.224. The van der Waals surface area contributed by atoms with Gasteiger partial charge in [-0.3, -0.25) is 0 Å². The van der Waals surface area contributed by atoms with E-state index in [0.717, 1.165) is 38.8 Å². The largest absolute Gasteiger partial charge is 0.392 e. The van der Waals surface area contributed by atoms with Crippen molar-refractivity contribution in [3.8, 4) is 0 Å². The van der Waals surface area contributed by atoms with Crippen molar-refractivity contribution in [1.29, 1.82) is 0 Å². The monoisotopic (exact) mass is 391 g/mol. The van der Waals surface area contributed by atoms with E-state index in [9.17, 15) is 10.2 Å². The number of allylic oxidation sites excluding steroid dienone is 2. The highest BCUT2D eigenvalue weighted by Crippen LogP contribution is 2.48. The number of fused-ring (bicyclic) bond motifs is 1. The molecule has 0 radical (unpaired) electrons. The molecule has 2 rings (SSSR count). The molecule has 0 saturated heterocycles. The van der Waals surface area contributed by atoms with Crippen molar-refractivity contribution in [2.75, 3.05) is 13.1 Å². The Morgan fingerprint density at radius 1 is 1.07 bits per heavy atom. The fourth-order valence-electron chi connectivity index (χ4n) is 4.95. The van der Waals surface area contributed by atoms with Crippen molar-refractivity contribution in [3.05, 3.63) is 23.8 Å². The molecular formula is C25H45NO2. The van der Waals surface area contributed by atoms with E-state index in [4.69, 9.17) is 0 Å². The lowest BCUT2D eigenvalue weighted by molar-refractivity contribution is 0.139. The van der Waals surface area contributed by atoms with Crippen molar-refractivity contribution in [2.45, 2.75) is 103 Å². The third-order valence-electron chi connectivity index (χ3n) is 6.67. The fraction of sp³-hybridized carbons (Fsp3) is 0.840. The highest BCUT2D eigenvalue weighted by atomic mass is 16.3. The Balaban J connectivity index is 1.66. The van der Waals surface area contributed by atoms with Crippen LogP contribution in [0, 0.1) is 17.8 Å². The van der Waals surface area contributed by atoms with Gasteiger partial charge in [-0.15, -0.1) is 0 Å².